The molecule has 4 aromatic heterocycles. The quantitative estimate of drug-likeness (QED) is 0.234. The lowest BCUT2D eigenvalue weighted by Gasteiger charge is -2.28. The highest BCUT2D eigenvalue weighted by molar-refractivity contribution is 6.26. The lowest BCUT2D eigenvalue weighted by molar-refractivity contribution is 0.640. The first kappa shape index (κ1) is 20.9. The van der Waals surface area contributed by atoms with Crippen LogP contribution >= 0.6 is 0 Å². The molecule has 8 aromatic rings. The van der Waals surface area contributed by atoms with Crippen LogP contribution < -0.4 is 4.90 Å². The van der Waals surface area contributed by atoms with Crippen molar-refractivity contribution >= 4 is 71.4 Å². The van der Waals surface area contributed by atoms with Gasteiger partial charge in [0.2, 0.25) is 0 Å². The predicted octanol–water partition coefficient (Wildman–Crippen LogP) is 8.08. The summed E-state index contributed by atoms with van der Waals surface area (Å²) in [6.07, 6.45) is 7.16. The third kappa shape index (κ3) is 2.91. The van der Waals surface area contributed by atoms with Crippen molar-refractivity contribution in [2.45, 2.75) is 0 Å². The number of aromatic nitrogens is 4. The number of rotatable bonds is 3. The van der Waals surface area contributed by atoms with Crippen molar-refractivity contribution in [2.75, 3.05) is 4.90 Å². The number of anilines is 3. The molecule has 0 N–H and O–H groups in total. The summed E-state index contributed by atoms with van der Waals surface area (Å²) < 4.78 is 14.9. The van der Waals surface area contributed by atoms with Crippen LogP contribution in [0.25, 0.3) is 54.4 Å². The maximum atomic E-state index is 14.9. The first-order valence-corrected chi connectivity index (χ1v) is 12.3. The Balaban J connectivity index is 1.54. The lowest BCUT2D eigenvalue weighted by atomic mass is 9.92. The molecule has 0 amide bonds. The van der Waals surface area contributed by atoms with Crippen molar-refractivity contribution in [3.05, 3.63) is 116 Å². The van der Waals surface area contributed by atoms with Gasteiger partial charge in [0.15, 0.2) is 0 Å². The van der Waals surface area contributed by atoms with Crippen LogP contribution in [0.3, 0.4) is 0 Å². The number of halogens is 1. The zero-order chi connectivity index (χ0) is 25.2. The van der Waals surface area contributed by atoms with Gasteiger partial charge in [-0.25, -0.2) is 4.39 Å². The molecule has 0 spiro atoms. The van der Waals surface area contributed by atoms with Crippen LogP contribution in [0.4, 0.5) is 21.5 Å². The summed E-state index contributed by atoms with van der Waals surface area (Å²) in [4.78, 5) is 20.7. The minimum Gasteiger partial charge on any atom is -0.305 e. The monoisotopic (exact) mass is 491 g/mol. The van der Waals surface area contributed by atoms with Gasteiger partial charge in [0.1, 0.15) is 16.9 Å². The van der Waals surface area contributed by atoms with E-state index in [2.05, 4.69) is 39.1 Å². The smallest absolute Gasteiger partial charge is 0.131 e. The third-order valence-corrected chi connectivity index (χ3v) is 7.26. The molecule has 0 saturated heterocycles. The molecule has 4 aromatic carbocycles. The molecule has 0 bridgehead atoms. The van der Waals surface area contributed by atoms with Crippen LogP contribution in [0.2, 0.25) is 0 Å². The summed E-state index contributed by atoms with van der Waals surface area (Å²) in [5.74, 6) is -0.220. The molecule has 8 rings (SSSR count). The number of benzene rings is 4. The molecule has 0 fully saturated rings. The van der Waals surface area contributed by atoms with Crippen molar-refractivity contribution in [3.63, 3.8) is 0 Å². The highest BCUT2D eigenvalue weighted by Gasteiger charge is 2.23. The lowest BCUT2D eigenvalue weighted by Crippen LogP contribution is -2.13. The van der Waals surface area contributed by atoms with Gasteiger partial charge in [0, 0.05) is 40.9 Å². The largest absolute Gasteiger partial charge is 0.305 e. The Bertz CT molecular complexity index is 2080. The zero-order valence-corrected chi connectivity index (χ0v) is 20.0. The second-order valence-corrected chi connectivity index (χ2v) is 9.29. The van der Waals surface area contributed by atoms with Crippen LogP contribution in [0.1, 0.15) is 0 Å². The molecule has 0 atom stereocenters. The molecule has 0 radical (unpaired) electrons. The maximum Gasteiger partial charge on any atom is 0.131 e. The molecule has 4 heterocycles. The van der Waals surface area contributed by atoms with E-state index in [1.165, 1.54) is 0 Å². The van der Waals surface area contributed by atoms with Gasteiger partial charge < -0.3 is 4.90 Å². The summed E-state index contributed by atoms with van der Waals surface area (Å²) >= 11 is 0. The van der Waals surface area contributed by atoms with Gasteiger partial charge in [-0.3, -0.25) is 19.9 Å². The van der Waals surface area contributed by atoms with Gasteiger partial charge in [-0.05, 0) is 64.7 Å². The molecular formula is C32H18FN5. The molecular weight excluding hydrogens is 473 g/mol. The average molecular weight is 492 g/mol. The van der Waals surface area contributed by atoms with E-state index in [1.54, 1.807) is 30.9 Å². The van der Waals surface area contributed by atoms with Gasteiger partial charge in [-0.2, -0.15) is 0 Å². The number of pyridine rings is 4. The van der Waals surface area contributed by atoms with Gasteiger partial charge in [-0.15, -0.1) is 0 Å². The molecule has 0 aliphatic rings. The SMILES string of the molecule is Fc1ccc2ccc3c(N(c4ccnc5cccnc45)c4ccnc5cccnc45)ccc4ccc1c2c43. The fourth-order valence-electron chi connectivity index (χ4n) is 5.63. The van der Waals surface area contributed by atoms with Gasteiger partial charge in [-0.1, -0.05) is 36.4 Å². The number of nitrogens with zero attached hydrogens (tertiary/aromatic N) is 5. The molecule has 178 valence electrons. The van der Waals surface area contributed by atoms with E-state index in [9.17, 15) is 4.39 Å². The Labute approximate surface area is 216 Å². The number of hydrogen-bond donors (Lipinski definition) is 0. The minimum absolute atomic E-state index is 0.220. The fourth-order valence-corrected chi connectivity index (χ4v) is 5.63. The highest BCUT2D eigenvalue weighted by Crippen LogP contribution is 2.46. The molecule has 6 heteroatoms. The summed E-state index contributed by atoms with van der Waals surface area (Å²) in [5, 5.41) is 5.65. The predicted molar refractivity (Wildman–Crippen MR) is 151 cm³/mol. The first-order chi connectivity index (χ1) is 18.8. The van der Waals surface area contributed by atoms with Gasteiger partial charge in [0.25, 0.3) is 0 Å². The normalized spacial score (nSPS) is 11.8. The summed E-state index contributed by atoms with van der Waals surface area (Å²) in [6.45, 7) is 0. The average Bonchev–Trinajstić information content (AvgIpc) is 2.98. The summed E-state index contributed by atoms with van der Waals surface area (Å²) in [5.41, 5.74) is 5.81. The van der Waals surface area contributed by atoms with Crippen molar-refractivity contribution in [3.8, 4) is 0 Å². The molecule has 5 nitrogen and oxygen atoms in total. The Morgan fingerprint density at radius 1 is 0.474 bits per heavy atom. The van der Waals surface area contributed by atoms with E-state index in [4.69, 9.17) is 9.97 Å². The number of hydrogen-bond acceptors (Lipinski definition) is 5. The van der Waals surface area contributed by atoms with Crippen molar-refractivity contribution in [1.29, 1.82) is 0 Å². The Kier molecular flexibility index (Phi) is 4.34. The van der Waals surface area contributed by atoms with Crippen LogP contribution in [0.5, 0.6) is 0 Å². The Morgan fingerprint density at radius 2 is 1.03 bits per heavy atom. The Hall–Kier alpha value is -5.23. The summed E-state index contributed by atoms with van der Waals surface area (Å²) in [6, 6.07) is 27.3. The van der Waals surface area contributed by atoms with Gasteiger partial charge >= 0.3 is 0 Å². The van der Waals surface area contributed by atoms with Crippen LogP contribution in [0.15, 0.2) is 110 Å². The Morgan fingerprint density at radius 3 is 1.68 bits per heavy atom. The molecule has 38 heavy (non-hydrogen) atoms. The topological polar surface area (TPSA) is 54.8 Å². The number of fused-ring (bicyclic) bond motifs is 2. The standard InChI is InChI=1S/C32H18FN5/c33-23-11-7-19-6-10-22-26(12-8-20-5-9-21(23)29(19)30(20)22)38(27-13-17-34-24-3-1-15-36-31(24)27)28-14-18-35-25-4-2-16-37-32(25)28/h1-18H. The van der Waals surface area contributed by atoms with Crippen molar-refractivity contribution < 1.29 is 4.39 Å². The first-order valence-electron chi connectivity index (χ1n) is 12.3. The van der Waals surface area contributed by atoms with Gasteiger partial charge in [0.05, 0.1) is 28.1 Å². The van der Waals surface area contributed by atoms with E-state index < -0.39 is 0 Å². The molecule has 0 saturated carbocycles. The van der Waals surface area contributed by atoms with E-state index in [0.717, 1.165) is 66.1 Å². The van der Waals surface area contributed by atoms with Crippen molar-refractivity contribution in [2.24, 2.45) is 0 Å². The summed E-state index contributed by atoms with van der Waals surface area (Å²) in [7, 11) is 0. The zero-order valence-electron chi connectivity index (χ0n) is 20.0. The van der Waals surface area contributed by atoms with E-state index in [-0.39, 0.29) is 5.82 Å². The van der Waals surface area contributed by atoms with E-state index >= 15 is 0 Å². The fraction of sp³-hybridized carbons (Fsp3) is 0. The third-order valence-electron chi connectivity index (χ3n) is 7.26. The maximum absolute atomic E-state index is 14.9. The highest BCUT2D eigenvalue weighted by atomic mass is 19.1. The second-order valence-electron chi connectivity index (χ2n) is 9.29. The van der Waals surface area contributed by atoms with E-state index in [0.29, 0.717) is 5.39 Å². The van der Waals surface area contributed by atoms with Crippen LogP contribution in [-0.2, 0) is 0 Å². The van der Waals surface area contributed by atoms with E-state index in [1.807, 2.05) is 54.6 Å². The molecule has 0 aliphatic heterocycles. The van der Waals surface area contributed by atoms with Crippen molar-refractivity contribution in [1.82, 2.24) is 19.9 Å². The second kappa shape index (κ2) is 7.88. The molecule has 0 unspecified atom stereocenters. The van der Waals surface area contributed by atoms with Crippen LogP contribution in [-0.4, -0.2) is 19.9 Å². The minimum atomic E-state index is -0.220. The molecule has 0 aliphatic carbocycles. The van der Waals surface area contributed by atoms with Crippen LogP contribution in [0, 0.1) is 5.82 Å².